The van der Waals surface area contributed by atoms with Crippen LogP contribution in [-0.2, 0) is 17.8 Å². The Hall–Kier alpha value is -3.09. The Morgan fingerprint density at radius 2 is 1.90 bits per heavy atom. The molecule has 160 valence electrons. The van der Waals surface area contributed by atoms with Gasteiger partial charge >= 0.3 is 6.03 Å². The normalized spacial score (nSPS) is 16.0. The maximum atomic E-state index is 13.0. The van der Waals surface area contributed by atoms with Gasteiger partial charge in [0.25, 0.3) is 0 Å². The average Bonchev–Trinajstić information content (AvgIpc) is 2.76. The third kappa shape index (κ3) is 6.20. The van der Waals surface area contributed by atoms with E-state index in [0.717, 1.165) is 29.7 Å². The van der Waals surface area contributed by atoms with Crippen LogP contribution in [0.25, 0.3) is 0 Å². The molecule has 0 radical (unpaired) electrons. The summed E-state index contributed by atoms with van der Waals surface area (Å²) < 4.78 is 18.7. The molecule has 0 aliphatic carbocycles. The van der Waals surface area contributed by atoms with Crippen molar-refractivity contribution in [3.8, 4) is 5.75 Å². The monoisotopic (exact) mass is 413 g/mol. The molecular formula is C23H28FN3O3. The lowest BCUT2D eigenvalue weighted by Gasteiger charge is -2.26. The summed E-state index contributed by atoms with van der Waals surface area (Å²) in [5.41, 5.74) is 1.92. The van der Waals surface area contributed by atoms with Gasteiger partial charge in [-0.05, 0) is 42.2 Å². The van der Waals surface area contributed by atoms with Gasteiger partial charge < -0.3 is 20.7 Å². The van der Waals surface area contributed by atoms with E-state index in [2.05, 4.69) is 16.0 Å². The van der Waals surface area contributed by atoms with E-state index >= 15 is 0 Å². The molecule has 0 bridgehead atoms. The van der Waals surface area contributed by atoms with Gasteiger partial charge in [0.15, 0.2) is 0 Å². The van der Waals surface area contributed by atoms with E-state index in [1.807, 2.05) is 31.2 Å². The molecular weight excluding hydrogens is 385 g/mol. The van der Waals surface area contributed by atoms with Crippen molar-refractivity contribution in [1.82, 2.24) is 16.0 Å². The first-order chi connectivity index (χ1) is 14.5. The number of carbonyl (C=O) groups is 2. The zero-order chi connectivity index (χ0) is 21.3. The van der Waals surface area contributed by atoms with Gasteiger partial charge in [0.1, 0.15) is 17.6 Å². The second-order valence-electron chi connectivity index (χ2n) is 7.53. The van der Waals surface area contributed by atoms with Gasteiger partial charge in [-0.2, -0.15) is 0 Å². The Kier molecular flexibility index (Phi) is 7.65. The van der Waals surface area contributed by atoms with Crippen molar-refractivity contribution in [2.75, 3.05) is 13.2 Å². The molecule has 0 spiro atoms. The van der Waals surface area contributed by atoms with E-state index in [1.165, 1.54) is 12.1 Å². The molecule has 0 saturated heterocycles. The first-order valence-electron chi connectivity index (χ1n) is 10.3. The van der Waals surface area contributed by atoms with Crippen molar-refractivity contribution in [3.05, 3.63) is 65.5 Å². The highest BCUT2D eigenvalue weighted by atomic mass is 19.1. The third-order valence-electron chi connectivity index (χ3n) is 5.09. The van der Waals surface area contributed by atoms with E-state index < -0.39 is 12.1 Å². The van der Waals surface area contributed by atoms with Crippen LogP contribution in [-0.4, -0.2) is 31.1 Å². The number of hydrogen-bond acceptors (Lipinski definition) is 3. The highest BCUT2D eigenvalue weighted by molar-refractivity contribution is 5.87. The lowest BCUT2D eigenvalue weighted by molar-refractivity contribution is -0.123. The van der Waals surface area contributed by atoms with E-state index in [9.17, 15) is 14.0 Å². The maximum Gasteiger partial charge on any atom is 0.315 e. The number of urea groups is 1. The predicted molar refractivity (Wildman–Crippen MR) is 113 cm³/mol. The molecule has 0 aromatic heterocycles. The Morgan fingerprint density at radius 1 is 1.13 bits per heavy atom. The summed E-state index contributed by atoms with van der Waals surface area (Å²) in [6.07, 6.45) is 2.15. The largest absolute Gasteiger partial charge is 0.493 e. The molecule has 6 nitrogen and oxygen atoms in total. The smallest absolute Gasteiger partial charge is 0.315 e. The second-order valence-corrected chi connectivity index (χ2v) is 7.53. The molecule has 2 atom stereocenters. The van der Waals surface area contributed by atoms with Gasteiger partial charge in [-0.25, -0.2) is 9.18 Å². The number of benzene rings is 2. The average molecular weight is 413 g/mol. The molecule has 3 amide bonds. The van der Waals surface area contributed by atoms with Crippen molar-refractivity contribution in [2.45, 2.75) is 38.8 Å². The molecule has 0 saturated carbocycles. The van der Waals surface area contributed by atoms with Crippen molar-refractivity contribution in [1.29, 1.82) is 0 Å². The summed E-state index contributed by atoms with van der Waals surface area (Å²) in [7, 11) is 0. The van der Waals surface area contributed by atoms with Crippen LogP contribution in [0.4, 0.5) is 9.18 Å². The fourth-order valence-corrected chi connectivity index (χ4v) is 3.44. The highest BCUT2D eigenvalue weighted by Gasteiger charge is 2.23. The first-order valence-corrected chi connectivity index (χ1v) is 10.3. The lowest BCUT2D eigenvalue weighted by Crippen LogP contribution is -2.51. The van der Waals surface area contributed by atoms with Gasteiger partial charge in [0.05, 0.1) is 6.61 Å². The Morgan fingerprint density at radius 3 is 2.67 bits per heavy atom. The van der Waals surface area contributed by atoms with Crippen LogP contribution in [0.15, 0.2) is 48.5 Å². The predicted octanol–water partition coefficient (Wildman–Crippen LogP) is 3.16. The van der Waals surface area contributed by atoms with E-state index in [-0.39, 0.29) is 24.2 Å². The quantitative estimate of drug-likeness (QED) is 0.622. The zero-order valence-corrected chi connectivity index (χ0v) is 17.1. The Balaban J connectivity index is 1.45. The number of ether oxygens (including phenoxy) is 1. The van der Waals surface area contributed by atoms with Crippen LogP contribution in [0.5, 0.6) is 5.75 Å². The molecule has 0 fully saturated rings. The van der Waals surface area contributed by atoms with Crippen LogP contribution in [0.2, 0.25) is 0 Å². The molecule has 2 aromatic carbocycles. The maximum absolute atomic E-state index is 13.0. The number of nitrogens with one attached hydrogen (secondary N) is 3. The van der Waals surface area contributed by atoms with Crippen LogP contribution in [0.1, 0.15) is 30.9 Å². The number of amides is 3. The summed E-state index contributed by atoms with van der Waals surface area (Å²) in [6, 6.07) is 12.8. The molecule has 3 rings (SSSR count). The summed E-state index contributed by atoms with van der Waals surface area (Å²) in [6.45, 7) is 3.27. The minimum absolute atomic E-state index is 0.193. The van der Waals surface area contributed by atoms with Crippen LogP contribution >= 0.6 is 0 Å². The fourth-order valence-electron chi connectivity index (χ4n) is 3.44. The third-order valence-corrected chi connectivity index (χ3v) is 5.09. The SMILES string of the molecule is CCCC(NC(=O)NCc1ccc(F)cc1)C(=O)NCC1COc2ccccc2C1. The fraction of sp³-hybridized carbons (Fsp3) is 0.391. The van der Waals surface area contributed by atoms with Gasteiger partial charge in [-0.15, -0.1) is 0 Å². The van der Waals surface area contributed by atoms with Crippen molar-refractivity contribution in [2.24, 2.45) is 5.92 Å². The van der Waals surface area contributed by atoms with Crippen LogP contribution in [0.3, 0.4) is 0 Å². The lowest BCUT2D eigenvalue weighted by atomic mass is 9.96. The van der Waals surface area contributed by atoms with Crippen LogP contribution in [0, 0.1) is 11.7 Å². The number of rotatable bonds is 8. The standard InChI is InChI=1S/C23H28FN3O3/c1-2-5-20(27-23(29)26-13-16-8-10-19(24)11-9-16)22(28)25-14-17-12-18-6-3-4-7-21(18)30-15-17/h3-4,6-11,17,20H,2,5,12-15H2,1H3,(H,25,28)(H2,26,27,29). The minimum Gasteiger partial charge on any atom is -0.493 e. The highest BCUT2D eigenvalue weighted by Crippen LogP contribution is 2.26. The number of fused-ring (bicyclic) bond motifs is 1. The van der Waals surface area contributed by atoms with E-state index in [4.69, 9.17) is 4.74 Å². The molecule has 1 heterocycles. The molecule has 3 N–H and O–H groups in total. The minimum atomic E-state index is -0.611. The topological polar surface area (TPSA) is 79.5 Å². The van der Waals surface area contributed by atoms with Crippen molar-refractivity contribution in [3.63, 3.8) is 0 Å². The molecule has 2 unspecified atom stereocenters. The second kappa shape index (κ2) is 10.6. The first kappa shape index (κ1) is 21.6. The molecule has 1 aliphatic rings. The number of carbonyl (C=O) groups excluding carboxylic acids is 2. The van der Waals surface area contributed by atoms with Gasteiger partial charge in [-0.1, -0.05) is 43.7 Å². The van der Waals surface area contributed by atoms with E-state index in [0.29, 0.717) is 19.6 Å². The molecule has 30 heavy (non-hydrogen) atoms. The number of hydrogen-bond donors (Lipinski definition) is 3. The van der Waals surface area contributed by atoms with Gasteiger partial charge in [0, 0.05) is 19.0 Å². The van der Waals surface area contributed by atoms with Crippen molar-refractivity contribution >= 4 is 11.9 Å². The zero-order valence-electron chi connectivity index (χ0n) is 17.1. The van der Waals surface area contributed by atoms with E-state index in [1.54, 1.807) is 12.1 Å². The summed E-state index contributed by atoms with van der Waals surface area (Å²) in [5.74, 6) is 0.573. The summed E-state index contributed by atoms with van der Waals surface area (Å²) >= 11 is 0. The molecule has 2 aromatic rings. The summed E-state index contributed by atoms with van der Waals surface area (Å²) in [5, 5.41) is 8.39. The number of para-hydroxylation sites is 1. The van der Waals surface area contributed by atoms with Gasteiger partial charge in [0.2, 0.25) is 5.91 Å². The van der Waals surface area contributed by atoms with Crippen molar-refractivity contribution < 1.29 is 18.7 Å². The Labute approximate surface area is 176 Å². The molecule has 7 heteroatoms. The molecule has 1 aliphatic heterocycles. The Bertz CT molecular complexity index is 857. The van der Waals surface area contributed by atoms with Gasteiger partial charge in [-0.3, -0.25) is 4.79 Å². The number of halogens is 1. The summed E-state index contributed by atoms with van der Waals surface area (Å²) in [4.78, 5) is 24.9. The van der Waals surface area contributed by atoms with Crippen LogP contribution < -0.4 is 20.7 Å².